The van der Waals surface area contributed by atoms with Gasteiger partial charge in [0.1, 0.15) is 11.4 Å². The van der Waals surface area contributed by atoms with Gasteiger partial charge < -0.3 is 9.64 Å². The maximum Gasteiger partial charge on any atom is 0.282 e. The summed E-state index contributed by atoms with van der Waals surface area (Å²) < 4.78 is 5.53. The van der Waals surface area contributed by atoms with Crippen LogP contribution < -0.4 is 9.64 Å². The summed E-state index contributed by atoms with van der Waals surface area (Å²) in [4.78, 5) is 30.5. The van der Waals surface area contributed by atoms with Crippen LogP contribution in [0.15, 0.2) is 48.2 Å². The van der Waals surface area contributed by atoms with E-state index in [9.17, 15) is 9.59 Å². The highest BCUT2D eigenvalue weighted by Crippen LogP contribution is 2.38. The van der Waals surface area contributed by atoms with Crippen molar-refractivity contribution in [3.05, 3.63) is 64.9 Å². The van der Waals surface area contributed by atoms with E-state index >= 15 is 0 Å². The Labute approximate surface area is 171 Å². The lowest BCUT2D eigenvalue weighted by atomic mass is 10.0. The third kappa shape index (κ3) is 3.31. The number of nitrogens with zero attached hydrogens (tertiary/aromatic N) is 2. The zero-order chi connectivity index (χ0) is 20.5. The molecule has 0 aliphatic carbocycles. The van der Waals surface area contributed by atoms with Gasteiger partial charge in [-0.1, -0.05) is 24.3 Å². The van der Waals surface area contributed by atoms with Gasteiger partial charge in [0.15, 0.2) is 0 Å². The molecular weight excluding hydrogens is 364 g/mol. The van der Waals surface area contributed by atoms with E-state index in [0.29, 0.717) is 23.6 Å². The van der Waals surface area contributed by atoms with Crippen molar-refractivity contribution in [2.45, 2.75) is 33.6 Å². The van der Waals surface area contributed by atoms with Crippen molar-refractivity contribution in [1.82, 2.24) is 4.90 Å². The Hall–Kier alpha value is -3.08. The number of hydrogen-bond acceptors (Lipinski definition) is 4. The molecule has 5 heteroatoms. The molecule has 0 bridgehead atoms. The first-order valence-corrected chi connectivity index (χ1v) is 10.2. The van der Waals surface area contributed by atoms with Gasteiger partial charge in [0.2, 0.25) is 0 Å². The number of hydrogen-bond donors (Lipinski definition) is 0. The van der Waals surface area contributed by atoms with Crippen molar-refractivity contribution in [3.8, 4) is 5.75 Å². The Morgan fingerprint density at radius 3 is 2.28 bits per heavy atom. The molecule has 1 fully saturated rings. The average molecular weight is 390 g/mol. The fourth-order valence-electron chi connectivity index (χ4n) is 4.09. The van der Waals surface area contributed by atoms with Crippen LogP contribution in [0.25, 0.3) is 5.57 Å². The van der Waals surface area contributed by atoms with Gasteiger partial charge in [-0.15, -0.1) is 0 Å². The van der Waals surface area contributed by atoms with Crippen LogP contribution in [0, 0.1) is 13.8 Å². The molecule has 2 amide bonds. The first-order valence-electron chi connectivity index (χ1n) is 10.2. The molecule has 2 aromatic rings. The fourth-order valence-corrected chi connectivity index (χ4v) is 4.09. The number of carbonyl (C=O) groups excluding carboxylic acids is 2. The lowest BCUT2D eigenvalue weighted by molar-refractivity contribution is -0.120. The van der Waals surface area contributed by atoms with Crippen LogP contribution in [0.4, 0.5) is 5.69 Å². The van der Waals surface area contributed by atoms with E-state index < -0.39 is 0 Å². The average Bonchev–Trinajstić information content (AvgIpc) is 3.32. The molecule has 2 aliphatic rings. The third-order valence-electron chi connectivity index (χ3n) is 5.75. The lowest BCUT2D eigenvalue weighted by Gasteiger charge is -2.21. The van der Waals surface area contributed by atoms with Crippen LogP contribution in [-0.4, -0.2) is 36.4 Å². The van der Waals surface area contributed by atoms with E-state index in [2.05, 4.69) is 4.90 Å². The van der Waals surface area contributed by atoms with Gasteiger partial charge in [0.25, 0.3) is 11.8 Å². The minimum Gasteiger partial charge on any atom is -0.494 e. The van der Waals surface area contributed by atoms with Gasteiger partial charge in [-0.05, 0) is 68.5 Å². The molecule has 0 radical (unpaired) electrons. The summed E-state index contributed by atoms with van der Waals surface area (Å²) in [6.45, 7) is 8.06. The minimum atomic E-state index is -0.255. The van der Waals surface area contributed by atoms with E-state index in [-0.39, 0.29) is 11.8 Å². The summed E-state index contributed by atoms with van der Waals surface area (Å²) in [5.41, 5.74) is 4.43. The molecule has 1 saturated heterocycles. The first-order chi connectivity index (χ1) is 14.0. The van der Waals surface area contributed by atoms with Gasteiger partial charge in [-0.25, -0.2) is 4.90 Å². The Morgan fingerprint density at radius 1 is 0.931 bits per heavy atom. The number of imide groups is 1. The minimum absolute atomic E-state index is 0.227. The van der Waals surface area contributed by atoms with Gasteiger partial charge >= 0.3 is 0 Å². The van der Waals surface area contributed by atoms with Crippen molar-refractivity contribution in [2.75, 3.05) is 24.6 Å². The highest BCUT2D eigenvalue weighted by atomic mass is 16.5. The van der Waals surface area contributed by atoms with Crippen LogP contribution in [0.3, 0.4) is 0 Å². The van der Waals surface area contributed by atoms with Gasteiger partial charge in [0, 0.05) is 13.1 Å². The lowest BCUT2D eigenvalue weighted by Crippen LogP contribution is -2.35. The first kappa shape index (κ1) is 19.2. The molecular formula is C24H26N2O3. The molecule has 0 spiro atoms. The number of aryl methyl sites for hydroxylation is 1. The molecule has 2 aliphatic heterocycles. The number of ether oxygens (including phenoxy) is 1. The summed E-state index contributed by atoms with van der Waals surface area (Å²) in [7, 11) is 0. The summed E-state index contributed by atoms with van der Waals surface area (Å²) in [6.07, 6.45) is 2.07. The van der Waals surface area contributed by atoms with Gasteiger partial charge in [-0.3, -0.25) is 9.59 Å². The van der Waals surface area contributed by atoms with E-state index in [1.54, 1.807) is 0 Å². The van der Waals surface area contributed by atoms with E-state index in [4.69, 9.17) is 4.74 Å². The standard InChI is InChI=1S/C24H26N2O3/c1-4-29-19-12-10-18(11-13-19)21-22(25-14-5-6-15-25)24(28)26(23(21)27)20-9-7-8-16(2)17(20)3/h7-13H,4-6,14-15H2,1-3H3. The summed E-state index contributed by atoms with van der Waals surface area (Å²) in [6, 6.07) is 13.2. The van der Waals surface area contributed by atoms with Crippen molar-refractivity contribution in [1.29, 1.82) is 0 Å². The van der Waals surface area contributed by atoms with Crippen molar-refractivity contribution >= 4 is 23.1 Å². The van der Waals surface area contributed by atoms with Gasteiger partial charge in [-0.2, -0.15) is 0 Å². The Bertz CT molecular complexity index is 986. The fraction of sp³-hybridized carbons (Fsp3) is 0.333. The van der Waals surface area contributed by atoms with E-state index in [0.717, 1.165) is 48.4 Å². The second-order valence-electron chi connectivity index (χ2n) is 7.54. The number of amides is 2. The maximum atomic E-state index is 13.5. The highest BCUT2D eigenvalue weighted by Gasteiger charge is 2.43. The van der Waals surface area contributed by atoms with Crippen molar-refractivity contribution in [2.24, 2.45) is 0 Å². The molecule has 4 rings (SSSR count). The Kier molecular flexibility index (Phi) is 5.14. The zero-order valence-corrected chi connectivity index (χ0v) is 17.2. The largest absolute Gasteiger partial charge is 0.494 e. The molecule has 0 saturated carbocycles. The highest BCUT2D eigenvalue weighted by molar-refractivity contribution is 6.45. The Balaban J connectivity index is 1.81. The molecule has 150 valence electrons. The van der Waals surface area contributed by atoms with Crippen molar-refractivity contribution < 1.29 is 14.3 Å². The predicted octanol–water partition coefficient (Wildman–Crippen LogP) is 4.08. The zero-order valence-electron chi connectivity index (χ0n) is 17.2. The number of likely N-dealkylation sites (tertiary alicyclic amines) is 1. The molecule has 0 aromatic heterocycles. The molecule has 0 N–H and O–H groups in total. The molecule has 5 nitrogen and oxygen atoms in total. The van der Waals surface area contributed by atoms with Gasteiger partial charge in [0.05, 0.1) is 17.9 Å². The normalized spacial score (nSPS) is 16.9. The van der Waals surface area contributed by atoms with E-state index in [1.165, 1.54) is 4.90 Å². The monoisotopic (exact) mass is 390 g/mol. The second-order valence-corrected chi connectivity index (χ2v) is 7.54. The van der Waals surface area contributed by atoms with Crippen LogP contribution in [-0.2, 0) is 9.59 Å². The maximum absolute atomic E-state index is 13.5. The topological polar surface area (TPSA) is 49.9 Å². The van der Waals surface area contributed by atoms with Crippen LogP contribution in [0.2, 0.25) is 0 Å². The smallest absolute Gasteiger partial charge is 0.282 e. The van der Waals surface area contributed by atoms with Crippen LogP contribution >= 0.6 is 0 Å². The second kappa shape index (κ2) is 7.74. The summed E-state index contributed by atoms with van der Waals surface area (Å²) in [5, 5.41) is 0. The SMILES string of the molecule is CCOc1ccc(C2=C(N3CCCC3)C(=O)N(c3cccc(C)c3C)C2=O)cc1. The number of benzene rings is 2. The summed E-state index contributed by atoms with van der Waals surface area (Å²) >= 11 is 0. The molecule has 2 aromatic carbocycles. The van der Waals surface area contributed by atoms with Crippen LogP contribution in [0.5, 0.6) is 5.75 Å². The molecule has 29 heavy (non-hydrogen) atoms. The Morgan fingerprint density at radius 2 is 1.62 bits per heavy atom. The van der Waals surface area contributed by atoms with E-state index in [1.807, 2.05) is 63.2 Å². The number of rotatable bonds is 5. The molecule has 2 heterocycles. The van der Waals surface area contributed by atoms with Crippen molar-refractivity contribution in [3.63, 3.8) is 0 Å². The number of anilines is 1. The summed E-state index contributed by atoms with van der Waals surface area (Å²) in [5.74, 6) is 0.270. The number of carbonyl (C=O) groups is 2. The molecule has 0 unspecified atom stereocenters. The van der Waals surface area contributed by atoms with Crippen LogP contribution in [0.1, 0.15) is 36.5 Å². The third-order valence-corrected chi connectivity index (χ3v) is 5.75. The predicted molar refractivity (Wildman–Crippen MR) is 114 cm³/mol. The molecule has 0 atom stereocenters. The quantitative estimate of drug-likeness (QED) is 0.722.